The van der Waals surface area contributed by atoms with Gasteiger partial charge in [-0.05, 0) is 40.9 Å². The van der Waals surface area contributed by atoms with Gasteiger partial charge < -0.3 is 5.32 Å². The Balaban J connectivity index is 1.83. The van der Waals surface area contributed by atoms with Gasteiger partial charge in [0.2, 0.25) is 5.95 Å². The second kappa shape index (κ2) is 5.54. The quantitative estimate of drug-likeness (QED) is 0.846. The second-order valence-corrected chi connectivity index (χ2v) is 4.29. The number of carbonyl (C=O) groups excluding carboxylic acids is 1. The second-order valence-electron chi connectivity index (χ2n) is 3.51. The Morgan fingerprint density at radius 3 is 2.94 bits per heavy atom. The van der Waals surface area contributed by atoms with E-state index < -0.39 is 5.95 Å². The van der Waals surface area contributed by atoms with E-state index in [0.717, 1.165) is 6.42 Å². The summed E-state index contributed by atoms with van der Waals surface area (Å²) >= 11 is 1.63. The molecule has 0 saturated heterocycles. The highest BCUT2D eigenvalue weighted by Gasteiger charge is 2.05. The van der Waals surface area contributed by atoms with Crippen LogP contribution in [0.25, 0.3) is 0 Å². The van der Waals surface area contributed by atoms with Crippen LogP contribution in [0, 0.1) is 5.95 Å². The Labute approximate surface area is 102 Å². The number of hydrogen-bond acceptors (Lipinski definition) is 3. The van der Waals surface area contributed by atoms with E-state index >= 15 is 0 Å². The molecule has 0 aromatic carbocycles. The van der Waals surface area contributed by atoms with Crippen molar-refractivity contribution in [1.29, 1.82) is 0 Å². The molecule has 0 unspecified atom stereocenters. The van der Waals surface area contributed by atoms with Gasteiger partial charge in [0, 0.05) is 12.7 Å². The van der Waals surface area contributed by atoms with E-state index in [9.17, 15) is 9.18 Å². The molecular weight excluding hydrogens is 239 g/mol. The molecule has 2 heterocycles. The highest BCUT2D eigenvalue weighted by atomic mass is 32.1. The molecule has 1 amide bonds. The molecule has 0 aliphatic heterocycles. The van der Waals surface area contributed by atoms with E-state index in [-0.39, 0.29) is 5.91 Å². The normalized spacial score (nSPS) is 10.2. The van der Waals surface area contributed by atoms with Gasteiger partial charge in [0.05, 0.1) is 5.56 Å². The first-order chi connectivity index (χ1) is 8.25. The Bertz CT molecular complexity index is 482. The fourth-order valence-corrected chi connectivity index (χ4v) is 2.07. The van der Waals surface area contributed by atoms with Gasteiger partial charge in [-0.2, -0.15) is 15.7 Å². The summed E-state index contributed by atoms with van der Waals surface area (Å²) < 4.78 is 12.5. The van der Waals surface area contributed by atoms with Crippen molar-refractivity contribution in [2.24, 2.45) is 0 Å². The maximum atomic E-state index is 12.5. The van der Waals surface area contributed by atoms with Crippen LogP contribution in [-0.2, 0) is 6.42 Å². The first-order valence-electron chi connectivity index (χ1n) is 5.16. The third-order valence-corrected chi connectivity index (χ3v) is 3.00. The number of aromatic nitrogens is 1. The van der Waals surface area contributed by atoms with Crippen molar-refractivity contribution in [2.45, 2.75) is 6.42 Å². The van der Waals surface area contributed by atoms with Crippen LogP contribution in [0.15, 0.2) is 35.2 Å². The lowest BCUT2D eigenvalue weighted by Crippen LogP contribution is -2.25. The molecule has 0 fully saturated rings. The molecule has 88 valence electrons. The van der Waals surface area contributed by atoms with Gasteiger partial charge in [-0.3, -0.25) is 4.79 Å². The van der Waals surface area contributed by atoms with Gasteiger partial charge in [0.25, 0.3) is 5.91 Å². The minimum Gasteiger partial charge on any atom is -0.352 e. The highest BCUT2D eigenvalue weighted by Crippen LogP contribution is 2.06. The minimum absolute atomic E-state index is 0.229. The number of rotatable bonds is 4. The number of pyridine rings is 1. The fraction of sp³-hybridized carbons (Fsp3) is 0.167. The van der Waals surface area contributed by atoms with E-state index in [1.54, 1.807) is 11.3 Å². The molecule has 0 atom stereocenters. The molecule has 5 heteroatoms. The summed E-state index contributed by atoms with van der Waals surface area (Å²) in [4.78, 5) is 15.0. The minimum atomic E-state index is -0.583. The van der Waals surface area contributed by atoms with Crippen LogP contribution >= 0.6 is 11.3 Å². The van der Waals surface area contributed by atoms with Crippen molar-refractivity contribution in [3.63, 3.8) is 0 Å². The molecule has 2 rings (SSSR count). The van der Waals surface area contributed by atoms with Crippen molar-refractivity contribution in [2.75, 3.05) is 6.54 Å². The maximum absolute atomic E-state index is 12.5. The molecule has 0 aliphatic rings. The molecule has 2 aromatic rings. The summed E-state index contributed by atoms with van der Waals surface area (Å²) in [5.74, 6) is -0.812. The smallest absolute Gasteiger partial charge is 0.252 e. The highest BCUT2D eigenvalue weighted by molar-refractivity contribution is 7.07. The molecule has 1 N–H and O–H groups in total. The molecule has 0 saturated carbocycles. The van der Waals surface area contributed by atoms with Crippen LogP contribution in [0.5, 0.6) is 0 Å². The summed E-state index contributed by atoms with van der Waals surface area (Å²) in [6.45, 7) is 0.562. The molecule has 0 radical (unpaired) electrons. The Morgan fingerprint density at radius 2 is 2.29 bits per heavy atom. The van der Waals surface area contributed by atoms with E-state index in [0.29, 0.717) is 12.1 Å². The average molecular weight is 250 g/mol. The van der Waals surface area contributed by atoms with E-state index in [1.807, 2.05) is 16.8 Å². The van der Waals surface area contributed by atoms with E-state index in [4.69, 9.17) is 0 Å². The van der Waals surface area contributed by atoms with Gasteiger partial charge in [-0.25, -0.2) is 4.98 Å². The third kappa shape index (κ3) is 3.35. The van der Waals surface area contributed by atoms with Gasteiger partial charge in [0.15, 0.2) is 0 Å². The zero-order valence-corrected chi connectivity index (χ0v) is 9.84. The first kappa shape index (κ1) is 11.7. The number of nitrogens with zero attached hydrogens (tertiary/aromatic N) is 1. The Morgan fingerprint density at radius 1 is 1.41 bits per heavy atom. The van der Waals surface area contributed by atoms with Gasteiger partial charge >= 0.3 is 0 Å². The monoisotopic (exact) mass is 250 g/mol. The van der Waals surface area contributed by atoms with Crippen LogP contribution in [0.1, 0.15) is 15.9 Å². The van der Waals surface area contributed by atoms with Crippen LogP contribution in [0.4, 0.5) is 4.39 Å². The molecule has 17 heavy (non-hydrogen) atoms. The topological polar surface area (TPSA) is 42.0 Å². The molecule has 0 bridgehead atoms. The van der Waals surface area contributed by atoms with Crippen LogP contribution in [0.3, 0.4) is 0 Å². The first-order valence-corrected chi connectivity index (χ1v) is 6.11. The maximum Gasteiger partial charge on any atom is 0.252 e. The van der Waals surface area contributed by atoms with Crippen molar-refractivity contribution in [3.05, 3.63) is 52.2 Å². The predicted molar refractivity (Wildman–Crippen MR) is 64.6 cm³/mol. The van der Waals surface area contributed by atoms with Crippen molar-refractivity contribution in [1.82, 2.24) is 10.3 Å². The summed E-state index contributed by atoms with van der Waals surface area (Å²) in [6.07, 6.45) is 2.03. The predicted octanol–water partition coefficient (Wildman–Crippen LogP) is 2.25. The number of nitrogens with one attached hydrogen (secondary N) is 1. The summed E-state index contributed by atoms with van der Waals surface area (Å²) in [5, 5.41) is 6.81. The van der Waals surface area contributed by atoms with Crippen LogP contribution in [0.2, 0.25) is 0 Å². The standard InChI is InChI=1S/C12H11FN2OS/c13-11-2-1-10(7-15-11)12(16)14-5-3-9-4-6-17-8-9/h1-2,4,6-8H,3,5H2,(H,14,16). The Hall–Kier alpha value is -1.75. The lowest BCUT2D eigenvalue weighted by molar-refractivity contribution is 0.0953. The van der Waals surface area contributed by atoms with Gasteiger partial charge in [-0.1, -0.05) is 0 Å². The summed E-state index contributed by atoms with van der Waals surface area (Å²) in [7, 11) is 0. The third-order valence-electron chi connectivity index (χ3n) is 2.27. The number of hydrogen-bond donors (Lipinski definition) is 1. The van der Waals surface area contributed by atoms with Crippen LogP contribution in [-0.4, -0.2) is 17.4 Å². The summed E-state index contributed by atoms with van der Waals surface area (Å²) in [6, 6.07) is 4.62. The molecule has 0 aliphatic carbocycles. The van der Waals surface area contributed by atoms with Gasteiger partial charge in [0.1, 0.15) is 0 Å². The van der Waals surface area contributed by atoms with E-state index in [2.05, 4.69) is 10.3 Å². The Kier molecular flexibility index (Phi) is 3.82. The summed E-state index contributed by atoms with van der Waals surface area (Å²) in [5.41, 5.74) is 1.57. The molecule has 2 aromatic heterocycles. The number of thiophene rings is 1. The van der Waals surface area contributed by atoms with Crippen LogP contribution < -0.4 is 5.32 Å². The van der Waals surface area contributed by atoms with Crippen molar-refractivity contribution < 1.29 is 9.18 Å². The largest absolute Gasteiger partial charge is 0.352 e. The van der Waals surface area contributed by atoms with E-state index in [1.165, 1.54) is 23.9 Å². The lowest BCUT2D eigenvalue weighted by Gasteiger charge is -2.03. The molecule has 3 nitrogen and oxygen atoms in total. The van der Waals surface area contributed by atoms with Gasteiger partial charge in [-0.15, -0.1) is 0 Å². The van der Waals surface area contributed by atoms with Crippen molar-refractivity contribution in [3.8, 4) is 0 Å². The lowest BCUT2D eigenvalue weighted by atomic mass is 10.2. The average Bonchev–Trinajstić information content (AvgIpc) is 2.83. The zero-order valence-electron chi connectivity index (χ0n) is 9.02. The fourth-order valence-electron chi connectivity index (χ4n) is 1.37. The SMILES string of the molecule is O=C(NCCc1ccsc1)c1ccc(F)nc1. The zero-order chi connectivity index (χ0) is 12.1. The number of halogens is 1. The molecular formula is C12H11FN2OS. The number of carbonyl (C=O) groups is 1. The van der Waals surface area contributed by atoms with Crippen molar-refractivity contribution >= 4 is 17.2 Å². The molecule has 0 spiro atoms. The number of amides is 1.